The van der Waals surface area contributed by atoms with Gasteiger partial charge in [-0.1, -0.05) is 52.9 Å². The first-order valence-electron chi connectivity index (χ1n) is 7.56. The summed E-state index contributed by atoms with van der Waals surface area (Å²) in [4.78, 5) is 0. The molecule has 1 aliphatic carbocycles. The number of hydrogen-bond donors (Lipinski definition) is 0. The summed E-state index contributed by atoms with van der Waals surface area (Å²) in [5, 5.41) is 9.39. The zero-order chi connectivity index (χ0) is 14.1. The van der Waals surface area contributed by atoms with Crippen LogP contribution >= 0.6 is 0 Å². The Hall–Kier alpha value is 0.153. The predicted molar refractivity (Wildman–Crippen MR) is 97.7 cm³/mol. The van der Waals surface area contributed by atoms with Gasteiger partial charge in [0, 0.05) is 26.2 Å². The van der Waals surface area contributed by atoms with Crippen LogP contribution in [0.5, 0.6) is 0 Å². The van der Waals surface area contributed by atoms with Gasteiger partial charge in [-0.15, -0.1) is 18.5 Å². The van der Waals surface area contributed by atoms with Crippen LogP contribution in [0.2, 0.25) is 0 Å². The van der Waals surface area contributed by atoms with Crippen molar-refractivity contribution in [1.29, 1.82) is 0 Å². The molecule has 0 aromatic heterocycles. The van der Waals surface area contributed by atoms with Crippen molar-refractivity contribution < 1.29 is 26.2 Å². The summed E-state index contributed by atoms with van der Waals surface area (Å²) in [6.45, 7) is 8.53. The average Bonchev–Trinajstić information content (AvgIpc) is 2.86. The molecule has 1 aliphatic rings. The minimum atomic E-state index is 0. The zero-order valence-electron chi connectivity index (χ0n) is 15.5. The summed E-state index contributed by atoms with van der Waals surface area (Å²) in [5.74, 6) is 0. The maximum absolute atomic E-state index is 4.75. The van der Waals surface area contributed by atoms with Crippen LogP contribution in [0.25, 0.3) is 10.6 Å². The second-order valence-electron chi connectivity index (χ2n) is 6.33. The van der Waals surface area contributed by atoms with Gasteiger partial charge in [-0.25, -0.2) is 18.3 Å². The topological polar surface area (TPSA) is 28.2 Å². The molecular weight excluding hydrogens is 347 g/mol. The van der Waals surface area contributed by atoms with E-state index in [9.17, 15) is 0 Å². The fourth-order valence-corrected chi connectivity index (χ4v) is 2.45. The van der Waals surface area contributed by atoms with Crippen LogP contribution in [0.4, 0.5) is 0 Å². The van der Waals surface area contributed by atoms with E-state index >= 15 is 0 Å². The Balaban J connectivity index is -0.000000388. The van der Waals surface area contributed by atoms with Gasteiger partial charge in [-0.2, -0.15) is 18.2 Å². The maximum atomic E-state index is 4.75. The molecule has 3 heteroatoms. The van der Waals surface area contributed by atoms with Crippen LogP contribution < -0.4 is 0 Å². The van der Waals surface area contributed by atoms with Crippen LogP contribution in [-0.4, -0.2) is 17.7 Å². The molecule has 0 N–H and O–H groups in total. The third-order valence-corrected chi connectivity index (χ3v) is 3.13. The van der Waals surface area contributed by atoms with E-state index in [0.717, 1.165) is 0 Å². The summed E-state index contributed by atoms with van der Waals surface area (Å²) < 4.78 is 0. The summed E-state index contributed by atoms with van der Waals surface area (Å²) in [6.07, 6.45) is 6.86. The van der Waals surface area contributed by atoms with Crippen molar-refractivity contribution in [2.45, 2.75) is 77.5 Å². The first-order chi connectivity index (χ1) is 8.97. The number of rotatable bonds is 3. The Morgan fingerprint density at radius 3 is 1.86 bits per heavy atom. The van der Waals surface area contributed by atoms with Gasteiger partial charge in [-0.05, 0) is 0 Å². The Morgan fingerprint density at radius 2 is 1.50 bits per heavy atom. The zero-order valence-corrected chi connectivity index (χ0v) is 17.9. The molecule has 1 fully saturated rings. The summed E-state index contributed by atoms with van der Waals surface area (Å²) in [5.41, 5.74) is 0.0532. The Bertz CT molecular complexity index is 281. The summed E-state index contributed by atoms with van der Waals surface area (Å²) >= 11 is 0. The van der Waals surface area contributed by atoms with Crippen LogP contribution in [-0.2, 0) is 26.2 Å². The fourth-order valence-electron chi connectivity index (χ4n) is 2.45. The quantitative estimate of drug-likeness (QED) is 0.533. The van der Waals surface area contributed by atoms with Gasteiger partial charge in [-0.3, -0.25) is 0 Å². The molecule has 0 bridgehead atoms. The SMILES string of the molecule is CC([N-]C1CCCCC1)[N-]C(C)(C)C.[CH3-].[CH3-].[Zr].c1cc[cH-]c1. The molecule has 2 rings (SSSR count). The van der Waals surface area contributed by atoms with Crippen molar-refractivity contribution >= 4 is 0 Å². The van der Waals surface area contributed by atoms with Crippen LogP contribution in [0.15, 0.2) is 30.3 Å². The molecule has 0 radical (unpaired) electrons. The molecule has 1 aromatic carbocycles. The minimum Gasteiger partial charge on any atom is -0.675 e. The Morgan fingerprint density at radius 1 is 1.00 bits per heavy atom. The van der Waals surface area contributed by atoms with E-state index in [1.165, 1.54) is 32.1 Å². The first-order valence-corrected chi connectivity index (χ1v) is 7.56. The van der Waals surface area contributed by atoms with Gasteiger partial charge in [0.1, 0.15) is 0 Å². The third-order valence-electron chi connectivity index (χ3n) is 3.13. The third kappa shape index (κ3) is 15.1. The van der Waals surface area contributed by atoms with Crippen molar-refractivity contribution in [2.24, 2.45) is 0 Å². The molecule has 2 nitrogen and oxygen atoms in total. The predicted octanol–water partition coefficient (Wildman–Crippen LogP) is 6.51. The molecule has 1 unspecified atom stereocenters. The molecule has 0 saturated heterocycles. The smallest absolute Gasteiger partial charge is 0 e. The van der Waals surface area contributed by atoms with E-state index in [1.54, 1.807) is 0 Å². The van der Waals surface area contributed by atoms with E-state index in [4.69, 9.17) is 5.32 Å². The van der Waals surface area contributed by atoms with Gasteiger partial charge in [0.05, 0.1) is 0 Å². The number of nitrogens with zero attached hydrogens (tertiary/aromatic N) is 2. The molecular formula is C19H35N2Zr-5. The van der Waals surface area contributed by atoms with E-state index < -0.39 is 0 Å². The van der Waals surface area contributed by atoms with Crippen LogP contribution in [0, 0.1) is 14.9 Å². The Labute approximate surface area is 159 Å². The second-order valence-corrected chi connectivity index (χ2v) is 6.33. The first kappa shape index (κ1) is 27.0. The monoisotopic (exact) mass is 381 g/mol. The standard InChI is InChI=1S/C12H24N2.C5H5.2CH3.Zr/c1-10(14-12(2,3)4)13-11-8-6-5-7-9-11;1-2-4-5-3-1;;;/h10-11H,5-9H2,1-4H3;1-5H;2*1H3;/q-2;3*-1;. The number of hydrogen-bond acceptors (Lipinski definition) is 0. The second kappa shape index (κ2) is 14.7. The minimum absolute atomic E-state index is 0. The van der Waals surface area contributed by atoms with Gasteiger partial charge in [0.15, 0.2) is 0 Å². The summed E-state index contributed by atoms with van der Waals surface area (Å²) in [7, 11) is 0. The Kier molecular flexibility index (Phi) is 18.1. The molecule has 0 aliphatic heterocycles. The van der Waals surface area contributed by atoms with Gasteiger partial charge < -0.3 is 25.5 Å². The molecule has 1 atom stereocenters. The molecule has 130 valence electrons. The molecule has 0 heterocycles. The molecule has 0 amide bonds. The van der Waals surface area contributed by atoms with Crippen molar-refractivity contribution in [3.05, 3.63) is 55.8 Å². The molecule has 1 aromatic rings. The van der Waals surface area contributed by atoms with Gasteiger partial charge >= 0.3 is 0 Å². The maximum Gasteiger partial charge on any atom is 0 e. The van der Waals surface area contributed by atoms with E-state index in [1.807, 2.05) is 30.3 Å². The largest absolute Gasteiger partial charge is 0.675 e. The van der Waals surface area contributed by atoms with E-state index in [2.05, 4.69) is 33.0 Å². The van der Waals surface area contributed by atoms with Gasteiger partial charge in [0.2, 0.25) is 0 Å². The average molecular weight is 383 g/mol. The normalized spacial score (nSPS) is 16.0. The van der Waals surface area contributed by atoms with Crippen molar-refractivity contribution in [3.8, 4) is 0 Å². The molecule has 0 spiro atoms. The van der Waals surface area contributed by atoms with Crippen molar-refractivity contribution in [2.75, 3.05) is 0 Å². The van der Waals surface area contributed by atoms with Crippen LogP contribution in [0.3, 0.4) is 0 Å². The van der Waals surface area contributed by atoms with Crippen molar-refractivity contribution in [1.82, 2.24) is 0 Å². The summed E-state index contributed by atoms with van der Waals surface area (Å²) in [6, 6.07) is 10.6. The van der Waals surface area contributed by atoms with E-state index in [-0.39, 0.29) is 52.8 Å². The van der Waals surface area contributed by atoms with Crippen molar-refractivity contribution in [3.63, 3.8) is 0 Å². The molecule has 1 saturated carbocycles. The van der Waals surface area contributed by atoms with Gasteiger partial charge in [0.25, 0.3) is 0 Å². The fraction of sp³-hybridized carbons (Fsp3) is 0.632. The van der Waals surface area contributed by atoms with Crippen LogP contribution in [0.1, 0.15) is 59.8 Å². The molecule has 22 heavy (non-hydrogen) atoms. The van der Waals surface area contributed by atoms with E-state index in [0.29, 0.717) is 6.04 Å².